The number of halogens is 1. The van der Waals surface area contributed by atoms with Gasteiger partial charge in [-0.05, 0) is 18.2 Å². The van der Waals surface area contributed by atoms with Gasteiger partial charge in [0.25, 0.3) is 10.0 Å². The highest BCUT2D eigenvalue weighted by Crippen LogP contribution is 2.27. The molecule has 0 aliphatic heterocycles. The van der Waals surface area contributed by atoms with Crippen molar-refractivity contribution in [1.82, 2.24) is 10.3 Å². The first-order valence-electron chi connectivity index (χ1n) is 8.58. The fraction of sp³-hybridized carbons (Fsp3) is 0.211. The normalized spacial score (nSPS) is 11.3. The van der Waals surface area contributed by atoms with Gasteiger partial charge in [-0.25, -0.2) is 12.8 Å². The topological polar surface area (TPSA) is 107 Å². The number of H-pyrrole nitrogens is 1. The molecule has 0 saturated heterocycles. The van der Waals surface area contributed by atoms with E-state index in [4.69, 9.17) is 10.00 Å². The van der Waals surface area contributed by atoms with E-state index >= 15 is 0 Å². The molecule has 3 rings (SSSR count). The second kappa shape index (κ2) is 8.73. The Labute approximate surface area is 162 Å². The zero-order chi connectivity index (χ0) is 20.0. The molecule has 1 heterocycles. The van der Waals surface area contributed by atoms with Crippen molar-refractivity contribution < 1.29 is 17.5 Å². The van der Waals surface area contributed by atoms with Gasteiger partial charge < -0.3 is 15.0 Å². The summed E-state index contributed by atoms with van der Waals surface area (Å²) in [4.78, 5) is 2.98. The molecule has 28 heavy (non-hydrogen) atoms. The number of aromatic amines is 1. The number of rotatable bonds is 9. The molecule has 0 saturated carbocycles. The van der Waals surface area contributed by atoms with Gasteiger partial charge in [-0.1, -0.05) is 18.2 Å². The lowest BCUT2D eigenvalue weighted by atomic mass is 10.2. The van der Waals surface area contributed by atoms with Gasteiger partial charge in [-0.2, -0.15) is 5.26 Å². The third-order valence-electron chi connectivity index (χ3n) is 4.01. The van der Waals surface area contributed by atoms with Crippen LogP contribution in [0.3, 0.4) is 0 Å². The Kier molecular flexibility index (Phi) is 6.13. The Morgan fingerprint density at radius 1 is 1.18 bits per heavy atom. The summed E-state index contributed by atoms with van der Waals surface area (Å²) in [6.45, 7) is 0.535. The molecular formula is C19H19FN4O3S. The molecule has 0 bridgehead atoms. The molecule has 7 nitrogen and oxygen atoms in total. The van der Waals surface area contributed by atoms with Crippen LogP contribution >= 0.6 is 0 Å². The summed E-state index contributed by atoms with van der Waals surface area (Å²) < 4.78 is 45.7. The number of para-hydroxylation sites is 1. The third kappa shape index (κ3) is 4.42. The van der Waals surface area contributed by atoms with Gasteiger partial charge in [0.05, 0.1) is 21.7 Å². The number of nitrogens with zero attached hydrogens (tertiary/aromatic N) is 1. The van der Waals surface area contributed by atoms with E-state index in [2.05, 4.69) is 21.1 Å². The number of sulfonamides is 1. The lowest BCUT2D eigenvalue weighted by Gasteiger charge is -2.11. The van der Waals surface area contributed by atoms with Crippen molar-refractivity contribution in [2.24, 2.45) is 0 Å². The van der Waals surface area contributed by atoms with Crippen LogP contribution in [0.4, 0.5) is 10.1 Å². The summed E-state index contributed by atoms with van der Waals surface area (Å²) in [6.07, 6.45) is 1.54. The zero-order valence-electron chi connectivity index (χ0n) is 14.9. The van der Waals surface area contributed by atoms with Gasteiger partial charge in [-0.15, -0.1) is 0 Å². The van der Waals surface area contributed by atoms with Crippen LogP contribution in [0.5, 0.6) is 5.75 Å². The van der Waals surface area contributed by atoms with E-state index in [0.717, 1.165) is 0 Å². The fourth-order valence-corrected chi connectivity index (χ4v) is 3.81. The average molecular weight is 402 g/mol. The number of alkyl halides is 1. The standard InChI is InChI=1S/C19H19FN4O3S/c20-7-8-22-9-10-27-15-3-1-4-16(11-15)28(25,26)24-18-6-2-5-17-14(12-21)13-23-19(17)18/h1-6,11,13,22-24H,7-10H2. The second-order valence-electron chi connectivity index (χ2n) is 5.91. The van der Waals surface area contributed by atoms with Crippen molar-refractivity contribution in [3.05, 3.63) is 54.2 Å². The number of ether oxygens (including phenoxy) is 1. The Morgan fingerprint density at radius 3 is 2.79 bits per heavy atom. The Balaban J connectivity index is 1.77. The number of nitrogens with one attached hydrogen (secondary N) is 3. The number of fused-ring (bicyclic) bond motifs is 1. The van der Waals surface area contributed by atoms with Crippen LogP contribution in [-0.4, -0.2) is 39.8 Å². The molecule has 0 aliphatic carbocycles. The predicted molar refractivity (Wildman–Crippen MR) is 105 cm³/mol. The summed E-state index contributed by atoms with van der Waals surface area (Å²) in [5.74, 6) is 0.398. The van der Waals surface area contributed by atoms with E-state index < -0.39 is 16.7 Å². The molecule has 3 aromatic rings. The average Bonchev–Trinajstić information content (AvgIpc) is 3.12. The minimum atomic E-state index is -3.86. The molecule has 3 N–H and O–H groups in total. The maximum atomic E-state index is 12.8. The number of aromatic nitrogens is 1. The van der Waals surface area contributed by atoms with Gasteiger partial charge in [-0.3, -0.25) is 4.72 Å². The van der Waals surface area contributed by atoms with E-state index in [1.807, 2.05) is 0 Å². The first-order valence-corrected chi connectivity index (χ1v) is 10.1. The van der Waals surface area contributed by atoms with Gasteiger partial charge in [0.1, 0.15) is 25.1 Å². The van der Waals surface area contributed by atoms with Crippen LogP contribution in [0.15, 0.2) is 53.6 Å². The highest BCUT2D eigenvalue weighted by atomic mass is 32.2. The SMILES string of the molecule is N#Cc1c[nH]c2c(NS(=O)(=O)c3cccc(OCCNCCF)c3)cccc12. The summed E-state index contributed by atoms with van der Waals surface area (Å²) in [5, 5.41) is 12.6. The van der Waals surface area contributed by atoms with Crippen LogP contribution in [-0.2, 0) is 10.0 Å². The smallest absolute Gasteiger partial charge is 0.262 e. The minimum absolute atomic E-state index is 0.0470. The molecule has 0 unspecified atom stereocenters. The summed E-state index contributed by atoms with van der Waals surface area (Å²) in [7, 11) is -3.86. The van der Waals surface area contributed by atoms with Gasteiger partial charge in [0.15, 0.2) is 0 Å². The monoisotopic (exact) mass is 402 g/mol. The van der Waals surface area contributed by atoms with Crippen molar-refractivity contribution in [1.29, 1.82) is 5.26 Å². The van der Waals surface area contributed by atoms with Crippen molar-refractivity contribution in [2.45, 2.75) is 4.90 Å². The summed E-state index contributed by atoms with van der Waals surface area (Å²) in [6, 6.07) is 13.2. The quantitative estimate of drug-likeness (QED) is 0.477. The molecule has 0 radical (unpaired) electrons. The molecule has 0 fully saturated rings. The third-order valence-corrected chi connectivity index (χ3v) is 5.38. The largest absolute Gasteiger partial charge is 0.492 e. The van der Waals surface area contributed by atoms with Crippen LogP contribution < -0.4 is 14.8 Å². The van der Waals surface area contributed by atoms with Crippen LogP contribution in [0, 0.1) is 11.3 Å². The molecule has 1 aromatic heterocycles. The number of nitriles is 1. The van der Waals surface area contributed by atoms with E-state index in [-0.39, 0.29) is 18.0 Å². The second-order valence-corrected chi connectivity index (χ2v) is 7.59. The van der Waals surface area contributed by atoms with Gasteiger partial charge in [0, 0.05) is 30.7 Å². The Morgan fingerprint density at radius 2 is 2.00 bits per heavy atom. The molecule has 0 aliphatic rings. The molecule has 2 aromatic carbocycles. The van der Waals surface area contributed by atoms with Crippen LogP contribution in [0.2, 0.25) is 0 Å². The van der Waals surface area contributed by atoms with E-state index in [0.29, 0.717) is 34.4 Å². The van der Waals surface area contributed by atoms with E-state index in [1.54, 1.807) is 30.3 Å². The summed E-state index contributed by atoms with van der Waals surface area (Å²) in [5.41, 5.74) is 1.32. The molecule has 0 spiro atoms. The van der Waals surface area contributed by atoms with Crippen molar-refractivity contribution in [3.63, 3.8) is 0 Å². The minimum Gasteiger partial charge on any atom is -0.492 e. The molecular weight excluding hydrogens is 383 g/mol. The van der Waals surface area contributed by atoms with Crippen molar-refractivity contribution in [3.8, 4) is 11.8 Å². The van der Waals surface area contributed by atoms with Crippen LogP contribution in [0.25, 0.3) is 10.9 Å². The maximum Gasteiger partial charge on any atom is 0.262 e. The first-order chi connectivity index (χ1) is 13.5. The zero-order valence-corrected chi connectivity index (χ0v) is 15.7. The predicted octanol–water partition coefficient (Wildman–Crippen LogP) is 2.78. The molecule has 0 atom stereocenters. The van der Waals surface area contributed by atoms with E-state index in [9.17, 15) is 12.8 Å². The number of hydrogen-bond acceptors (Lipinski definition) is 5. The Bertz CT molecular complexity index is 1110. The maximum absolute atomic E-state index is 12.8. The molecule has 0 amide bonds. The number of anilines is 1. The van der Waals surface area contributed by atoms with Crippen LogP contribution in [0.1, 0.15) is 5.56 Å². The summed E-state index contributed by atoms with van der Waals surface area (Å²) >= 11 is 0. The molecule has 146 valence electrons. The number of benzene rings is 2. The number of hydrogen-bond donors (Lipinski definition) is 3. The highest BCUT2D eigenvalue weighted by Gasteiger charge is 2.17. The van der Waals surface area contributed by atoms with Crippen molar-refractivity contribution >= 4 is 26.6 Å². The van der Waals surface area contributed by atoms with Crippen molar-refractivity contribution in [2.75, 3.05) is 31.1 Å². The lowest BCUT2D eigenvalue weighted by molar-refractivity contribution is 0.310. The Hall–Kier alpha value is -3.09. The van der Waals surface area contributed by atoms with Gasteiger partial charge >= 0.3 is 0 Å². The fourth-order valence-electron chi connectivity index (χ4n) is 2.70. The lowest BCUT2D eigenvalue weighted by Crippen LogP contribution is -2.23. The van der Waals surface area contributed by atoms with E-state index in [1.165, 1.54) is 18.3 Å². The molecule has 9 heteroatoms. The highest BCUT2D eigenvalue weighted by molar-refractivity contribution is 7.92. The first kappa shape index (κ1) is 19.7. The van der Waals surface area contributed by atoms with Gasteiger partial charge in [0.2, 0.25) is 0 Å².